The minimum absolute atomic E-state index is 0.0195. The molecule has 0 fully saturated rings. The number of benzene rings is 2. The Morgan fingerprint density at radius 2 is 0.487 bits per heavy atom. The Hall–Kier alpha value is -3.76. The summed E-state index contributed by atoms with van der Waals surface area (Å²) in [4.78, 5) is 0. The number of ether oxygens (including phenoxy) is 9. The van der Waals surface area contributed by atoms with Gasteiger partial charge in [0.2, 0.25) is 69.0 Å². The average molecular weight is 555 g/mol. The van der Waals surface area contributed by atoms with E-state index in [1.165, 1.54) is 0 Å². The van der Waals surface area contributed by atoms with Gasteiger partial charge in [-0.05, 0) is 55.4 Å². The fraction of sp³-hybridized carbons (Fsp3) is 0.571. The lowest BCUT2D eigenvalue weighted by molar-refractivity contribution is 0.218. The summed E-state index contributed by atoms with van der Waals surface area (Å²) in [6.07, 6.45) is 0. The van der Waals surface area contributed by atoms with Crippen molar-refractivity contribution in [2.24, 2.45) is 0 Å². The van der Waals surface area contributed by atoms with Crippen LogP contribution in [0.25, 0.3) is 0 Å². The highest BCUT2D eigenvalue weighted by Gasteiger charge is 2.35. The molecule has 11 nitrogen and oxygen atoms in total. The zero-order valence-electron chi connectivity index (χ0n) is 24.2. The number of aromatic hydroxyl groups is 2. The lowest BCUT2D eigenvalue weighted by Gasteiger charge is -2.26. The zero-order chi connectivity index (χ0) is 28.9. The third-order valence-corrected chi connectivity index (χ3v) is 5.02. The van der Waals surface area contributed by atoms with Crippen molar-refractivity contribution in [3.05, 3.63) is 0 Å². The van der Waals surface area contributed by atoms with Crippen molar-refractivity contribution in [1.29, 1.82) is 0 Å². The summed E-state index contributed by atoms with van der Waals surface area (Å²) in [5.74, 6) is -0.0890. The molecule has 0 spiro atoms. The molecular formula is C28H42O11. The van der Waals surface area contributed by atoms with Crippen molar-refractivity contribution in [1.82, 2.24) is 0 Å². The van der Waals surface area contributed by atoms with Crippen molar-refractivity contribution in [3.8, 4) is 69.0 Å². The van der Waals surface area contributed by atoms with Gasteiger partial charge in [0, 0.05) is 0 Å². The molecule has 0 aromatic heterocycles. The molecule has 0 bridgehead atoms. The molecule has 39 heavy (non-hydrogen) atoms. The maximum Gasteiger partial charge on any atom is 0.219 e. The Bertz CT molecular complexity index is 911. The molecule has 0 unspecified atom stereocenters. The van der Waals surface area contributed by atoms with E-state index >= 15 is 0 Å². The fourth-order valence-electron chi connectivity index (χ4n) is 3.76. The predicted molar refractivity (Wildman–Crippen MR) is 146 cm³/mol. The van der Waals surface area contributed by atoms with Gasteiger partial charge in [-0.3, -0.25) is 0 Å². The Morgan fingerprint density at radius 1 is 0.308 bits per heavy atom. The summed E-state index contributed by atoms with van der Waals surface area (Å²) in [5.41, 5.74) is 0. The molecule has 0 aliphatic heterocycles. The maximum absolute atomic E-state index is 11.1. The Labute approximate surface area is 230 Å². The first-order valence-electron chi connectivity index (χ1n) is 13.5. The van der Waals surface area contributed by atoms with Crippen molar-refractivity contribution < 1.29 is 52.8 Å². The van der Waals surface area contributed by atoms with E-state index in [0.29, 0.717) is 0 Å². The van der Waals surface area contributed by atoms with Crippen molar-refractivity contribution in [3.63, 3.8) is 0 Å². The molecule has 2 N–H and O–H groups in total. The van der Waals surface area contributed by atoms with Crippen molar-refractivity contribution in [2.45, 2.75) is 55.4 Å². The van der Waals surface area contributed by atoms with Crippen LogP contribution in [0.4, 0.5) is 0 Å². The molecule has 220 valence electrons. The topological polar surface area (TPSA) is 124 Å². The second-order valence-corrected chi connectivity index (χ2v) is 7.55. The predicted octanol–water partition coefficient (Wildman–Crippen LogP) is 6.08. The summed E-state index contributed by atoms with van der Waals surface area (Å²) in [6, 6.07) is 0. The van der Waals surface area contributed by atoms with Gasteiger partial charge in [-0.25, -0.2) is 0 Å². The van der Waals surface area contributed by atoms with Crippen LogP contribution in [-0.2, 0) is 0 Å². The summed E-state index contributed by atoms with van der Waals surface area (Å²) >= 11 is 0. The highest BCUT2D eigenvalue weighted by molar-refractivity contribution is 5.77. The van der Waals surface area contributed by atoms with E-state index in [9.17, 15) is 10.2 Å². The molecule has 0 atom stereocenters. The number of hydrogen-bond acceptors (Lipinski definition) is 11. The Morgan fingerprint density at radius 3 is 0.667 bits per heavy atom. The van der Waals surface area contributed by atoms with Crippen molar-refractivity contribution >= 4 is 0 Å². The van der Waals surface area contributed by atoms with Gasteiger partial charge in [0.05, 0.1) is 52.9 Å². The monoisotopic (exact) mass is 554 g/mol. The van der Waals surface area contributed by atoms with Gasteiger partial charge in [0.1, 0.15) is 0 Å². The lowest BCUT2D eigenvalue weighted by Crippen LogP contribution is -2.09. The van der Waals surface area contributed by atoms with E-state index in [0.717, 1.165) is 0 Å². The van der Waals surface area contributed by atoms with Gasteiger partial charge < -0.3 is 52.8 Å². The van der Waals surface area contributed by atoms with E-state index < -0.39 is 0 Å². The summed E-state index contributed by atoms with van der Waals surface area (Å²) in [5, 5.41) is 22.2. The van der Waals surface area contributed by atoms with Crippen LogP contribution in [0.1, 0.15) is 55.4 Å². The Balaban J connectivity index is 3.09. The second kappa shape index (κ2) is 15.6. The smallest absolute Gasteiger partial charge is 0.219 e. The number of hydrogen-bond donors (Lipinski definition) is 2. The lowest BCUT2D eigenvalue weighted by atomic mass is 10.2. The molecule has 11 heteroatoms. The number of rotatable bonds is 18. The Kier molecular flexibility index (Phi) is 12.6. The normalized spacial score (nSPS) is 10.6. The number of phenolic OH excluding ortho intramolecular Hbond substituents is 2. The standard InChI is InChI=1S/C28H42O11/c1-9-31-19-17(29)20(32-10-2)24(36-14-6)27(23(19)35-13-5)39-28-25(37-15-7)21(33-11-3)18(30)22(34-12-4)26(28)38-16-8/h29-30H,9-16H2,1-8H3. The summed E-state index contributed by atoms with van der Waals surface area (Å²) < 4.78 is 53.4. The first-order chi connectivity index (χ1) is 18.9. The van der Waals surface area contributed by atoms with Gasteiger partial charge >= 0.3 is 0 Å². The maximum atomic E-state index is 11.1. The van der Waals surface area contributed by atoms with Crippen LogP contribution in [0.5, 0.6) is 69.0 Å². The van der Waals surface area contributed by atoms with Gasteiger partial charge in [-0.1, -0.05) is 0 Å². The quantitative estimate of drug-likeness (QED) is 0.223. The fourth-order valence-corrected chi connectivity index (χ4v) is 3.76. The molecule has 2 aromatic carbocycles. The largest absolute Gasteiger partial charge is 0.501 e. The van der Waals surface area contributed by atoms with E-state index in [2.05, 4.69) is 0 Å². The van der Waals surface area contributed by atoms with Crippen LogP contribution in [0.2, 0.25) is 0 Å². The molecular weight excluding hydrogens is 512 g/mol. The van der Waals surface area contributed by atoms with E-state index in [1.54, 1.807) is 55.4 Å². The van der Waals surface area contributed by atoms with Crippen LogP contribution in [0, 0.1) is 0 Å². The number of phenols is 2. The third-order valence-electron chi connectivity index (χ3n) is 5.02. The second-order valence-electron chi connectivity index (χ2n) is 7.55. The molecule has 2 aromatic rings. The summed E-state index contributed by atoms with van der Waals surface area (Å²) in [6.45, 7) is 16.0. The van der Waals surface area contributed by atoms with E-state index in [4.69, 9.17) is 42.6 Å². The molecule has 0 amide bonds. The summed E-state index contributed by atoms with van der Waals surface area (Å²) in [7, 11) is 0. The zero-order valence-corrected chi connectivity index (χ0v) is 24.2. The average Bonchev–Trinajstić information content (AvgIpc) is 2.92. The van der Waals surface area contributed by atoms with Crippen molar-refractivity contribution in [2.75, 3.05) is 52.9 Å². The highest BCUT2D eigenvalue weighted by atomic mass is 16.6. The molecule has 0 heterocycles. The first-order valence-corrected chi connectivity index (χ1v) is 13.5. The molecule has 2 rings (SSSR count). The van der Waals surface area contributed by atoms with Gasteiger partial charge in [0.15, 0.2) is 0 Å². The first kappa shape index (κ1) is 31.5. The minimum atomic E-state index is -0.288. The highest BCUT2D eigenvalue weighted by Crippen LogP contribution is 2.63. The third kappa shape index (κ3) is 6.82. The molecule has 0 saturated heterocycles. The molecule has 0 saturated carbocycles. The van der Waals surface area contributed by atoms with Crippen LogP contribution in [0.15, 0.2) is 0 Å². The van der Waals surface area contributed by atoms with Gasteiger partial charge in [0.25, 0.3) is 0 Å². The van der Waals surface area contributed by atoms with Gasteiger partial charge in [-0.15, -0.1) is 0 Å². The molecule has 0 aliphatic carbocycles. The van der Waals surface area contributed by atoms with Gasteiger partial charge in [-0.2, -0.15) is 0 Å². The van der Waals surface area contributed by atoms with Crippen LogP contribution in [-0.4, -0.2) is 63.1 Å². The molecule has 0 radical (unpaired) electrons. The molecule has 0 aliphatic rings. The van der Waals surface area contributed by atoms with E-state index in [-0.39, 0.29) is 122 Å². The van der Waals surface area contributed by atoms with Crippen LogP contribution < -0.4 is 42.6 Å². The van der Waals surface area contributed by atoms with Crippen LogP contribution >= 0.6 is 0 Å². The minimum Gasteiger partial charge on any atom is -0.501 e. The van der Waals surface area contributed by atoms with E-state index in [1.807, 2.05) is 0 Å². The van der Waals surface area contributed by atoms with Crippen LogP contribution in [0.3, 0.4) is 0 Å². The SMILES string of the molecule is CCOc1c(O)c(OCC)c(OCC)c(Oc2c(OCC)c(OCC)c(O)c(OCC)c2OCC)c1OCC.